The Labute approximate surface area is 179 Å². The van der Waals surface area contributed by atoms with Crippen molar-refractivity contribution in [3.8, 4) is 11.3 Å². The lowest BCUT2D eigenvalue weighted by Crippen LogP contribution is -2.39. The van der Waals surface area contributed by atoms with Crippen LogP contribution in [-0.4, -0.2) is 41.8 Å². The Kier molecular flexibility index (Phi) is 5.52. The number of nitrogens with two attached hydrogens (primary N) is 1. The third-order valence-electron chi connectivity index (χ3n) is 5.04. The van der Waals surface area contributed by atoms with E-state index in [4.69, 9.17) is 17.3 Å². The number of halogens is 2. The molecule has 0 amide bonds. The molecular weight excluding hydrogens is 429 g/mol. The van der Waals surface area contributed by atoms with Crippen molar-refractivity contribution in [1.82, 2.24) is 15.0 Å². The molecule has 2 aromatic carbocycles. The molecule has 0 saturated heterocycles. The van der Waals surface area contributed by atoms with Gasteiger partial charge in [-0.3, -0.25) is 4.68 Å². The molecule has 0 fully saturated rings. The molecule has 3 aromatic rings. The first kappa shape index (κ1) is 20.8. The van der Waals surface area contributed by atoms with Gasteiger partial charge in [0.1, 0.15) is 11.5 Å². The summed E-state index contributed by atoms with van der Waals surface area (Å²) in [6.07, 6.45) is 1.63. The number of benzene rings is 2. The zero-order chi connectivity index (χ0) is 21.5. The van der Waals surface area contributed by atoms with Crippen LogP contribution in [0.5, 0.6) is 0 Å². The smallest absolute Gasteiger partial charge is 0.182 e. The first-order chi connectivity index (χ1) is 14.3. The van der Waals surface area contributed by atoms with Gasteiger partial charge in [0.2, 0.25) is 0 Å². The van der Waals surface area contributed by atoms with Gasteiger partial charge in [-0.05, 0) is 36.8 Å². The highest BCUT2D eigenvalue weighted by atomic mass is 35.5. The van der Waals surface area contributed by atoms with Crippen LogP contribution in [-0.2, 0) is 22.9 Å². The quantitative estimate of drug-likeness (QED) is 0.658. The Morgan fingerprint density at radius 1 is 1.27 bits per heavy atom. The topological polar surface area (TPSA) is 94.1 Å². The molecule has 2 heterocycles. The number of anilines is 1. The van der Waals surface area contributed by atoms with Crippen LogP contribution in [0.15, 0.2) is 47.5 Å². The van der Waals surface area contributed by atoms with Crippen LogP contribution in [0.4, 0.5) is 10.1 Å². The Balaban J connectivity index is 1.84. The lowest BCUT2D eigenvalue weighted by Gasteiger charge is -2.26. The van der Waals surface area contributed by atoms with Crippen molar-refractivity contribution in [1.29, 1.82) is 0 Å². The van der Waals surface area contributed by atoms with Crippen molar-refractivity contribution in [2.75, 3.05) is 17.2 Å². The second kappa shape index (κ2) is 7.98. The second-order valence-corrected chi connectivity index (χ2v) is 9.75. The van der Waals surface area contributed by atoms with Crippen LogP contribution in [0.1, 0.15) is 12.5 Å². The average Bonchev–Trinajstić information content (AvgIpc) is 3.14. The molecule has 4 rings (SSSR count). The Morgan fingerprint density at radius 2 is 2.00 bits per heavy atom. The number of aryl methyl sites for hydroxylation is 1. The van der Waals surface area contributed by atoms with E-state index in [2.05, 4.69) is 10.3 Å². The number of hydrogen-bond acceptors (Lipinski definition) is 6. The van der Waals surface area contributed by atoms with Crippen molar-refractivity contribution in [2.24, 2.45) is 5.73 Å². The normalized spacial score (nSPS) is 18.1. The van der Waals surface area contributed by atoms with Gasteiger partial charge in [-0.1, -0.05) is 28.9 Å². The van der Waals surface area contributed by atoms with Gasteiger partial charge in [-0.25, -0.2) is 12.8 Å². The predicted octanol–water partition coefficient (Wildman–Crippen LogP) is 2.88. The van der Waals surface area contributed by atoms with Crippen LogP contribution < -0.4 is 10.6 Å². The molecule has 0 radical (unpaired) electrons. The van der Waals surface area contributed by atoms with E-state index in [1.807, 2.05) is 24.0 Å². The first-order valence-corrected chi connectivity index (χ1v) is 11.5. The van der Waals surface area contributed by atoms with Gasteiger partial charge in [0.25, 0.3) is 0 Å². The number of nitrogens with zero attached hydrogens (tertiary/aromatic N) is 4. The fourth-order valence-corrected chi connectivity index (χ4v) is 5.34. The highest BCUT2D eigenvalue weighted by Gasteiger charge is 2.32. The Morgan fingerprint density at radius 3 is 2.67 bits per heavy atom. The van der Waals surface area contributed by atoms with E-state index in [-0.39, 0.29) is 16.2 Å². The summed E-state index contributed by atoms with van der Waals surface area (Å²) in [5.41, 5.74) is 7.98. The standard InChI is InChI=1S/C20H21ClFN5O2S/c1-2-27-11-18(24-25-27)16-7-19-20(8-17(16)22)30(28,29)12-15(23)10-26(19)9-13-3-5-14(21)6-4-13/h3-8,11,15H,2,9-10,12,23H2,1H3/t15-/m1/s1. The molecule has 0 saturated carbocycles. The summed E-state index contributed by atoms with van der Waals surface area (Å²) < 4.78 is 42.3. The van der Waals surface area contributed by atoms with Gasteiger partial charge in [0.15, 0.2) is 9.84 Å². The van der Waals surface area contributed by atoms with Gasteiger partial charge in [0.05, 0.1) is 22.5 Å². The van der Waals surface area contributed by atoms with Crippen LogP contribution in [0, 0.1) is 5.82 Å². The zero-order valence-corrected chi connectivity index (χ0v) is 17.9. The highest BCUT2D eigenvalue weighted by Crippen LogP contribution is 2.36. The third-order valence-corrected chi connectivity index (χ3v) is 7.15. The van der Waals surface area contributed by atoms with E-state index in [9.17, 15) is 12.8 Å². The molecule has 7 nitrogen and oxygen atoms in total. The van der Waals surface area contributed by atoms with Crippen molar-refractivity contribution in [3.05, 3.63) is 59.0 Å². The maximum Gasteiger partial charge on any atom is 0.182 e. The summed E-state index contributed by atoms with van der Waals surface area (Å²) >= 11 is 5.97. The monoisotopic (exact) mass is 449 g/mol. The molecule has 0 unspecified atom stereocenters. The molecule has 1 atom stereocenters. The van der Waals surface area contributed by atoms with E-state index in [0.29, 0.717) is 36.0 Å². The minimum Gasteiger partial charge on any atom is -0.365 e. The number of sulfone groups is 1. The summed E-state index contributed by atoms with van der Waals surface area (Å²) in [4.78, 5) is 1.80. The highest BCUT2D eigenvalue weighted by molar-refractivity contribution is 7.91. The van der Waals surface area contributed by atoms with Gasteiger partial charge in [0, 0.05) is 36.3 Å². The summed E-state index contributed by atoms with van der Waals surface area (Å²) in [6.45, 7) is 3.20. The molecule has 10 heteroatoms. The van der Waals surface area contributed by atoms with Crippen LogP contribution in [0.3, 0.4) is 0 Å². The SMILES string of the molecule is CCn1cc(-c2cc3c(cc2F)S(=O)(=O)C[C@H](N)CN3Cc2ccc(Cl)cc2)nn1. The van der Waals surface area contributed by atoms with Gasteiger partial charge in [-0.15, -0.1) is 5.10 Å². The number of fused-ring (bicyclic) bond motifs is 1. The van der Waals surface area contributed by atoms with Gasteiger partial charge < -0.3 is 10.6 Å². The number of hydrogen-bond donors (Lipinski definition) is 1. The summed E-state index contributed by atoms with van der Waals surface area (Å²) in [5, 5.41) is 8.59. The van der Waals surface area contributed by atoms with Crippen LogP contribution in [0.2, 0.25) is 5.02 Å². The third kappa shape index (κ3) is 4.05. The lowest BCUT2D eigenvalue weighted by atomic mass is 10.1. The molecule has 2 N–H and O–H groups in total. The molecule has 1 aliphatic rings. The van der Waals surface area contributed by atoms with E-state index >= 15 is 0 Å². The minimum atomic E-state index is -3.75. The summed E-state index contributed by atoms with van der Waals surface area (Å²) in [6, 6.07) is 9.26. The van der Waals surface area contributed by atoms with Crippen LogP contribution >= 0.6 is 11.6 Å². The van der Waals surface area contributed by atoms with E-state index in [0.717, 1.165) is 11.6 Å². The second-order valence-electron chi connectivity index (χ2n) is 7.31. The van der Waals surface area contributed by atoms with Crippen LogP contribution in [0.25, 0.3) is 11.3 Å². The first-order valence-electron chi connectivity index (χ1n) is 9.48. The molecule has 30 heavy (non-hydrogen) atoms. The van der Waals surface area contributed by atoms with E-state index in [1.54, 1.807) is 23.0 Å². The largest absolute Gasteiger partial charge is 0.365 e. The fourth-order valence-electron chi connectivity index (χ4n) is 3.58. The average molecular weight is 450 g/mol. The maximum atomic E-state index is 14.9. The van der Waals surface area contributed by atoms with Crippen molar-refractivity contribution >= 4 is 27.1 Å². The molecule has 0 aliphatic carbocycles. The molecule has 0 spiro atoms. The lowest BCUT2D eigenvalue weighted by molar-refractivity contribution is 0.587. The van der Waals surface area contributed by atoms with Crippen molar-refractivity contribution in [3.63, 3.8) is 0 Å². The molecule has 1 aliphatic heterocycles. The number of aromatic nitrogens is 3. The summed E-state index contributed by atoms with van der Waals surface area (Å²) in [5.74, 6) is -0.913. The minimum absolute atomic E-state index is 0.0615. The fraction of sp³-hybridized carbons (Fsp3) is 0.300. The molecule has 0 bridgehead atoms. The Bertz CT molecular complexity index is 1180. The summed E-state index contributed by atoms with van der Waals surface area (Å²) in [7, 11) is -3.75. The van der Waals surface area contributed by atoms with E-state index < -0.39 is 21.7 Å². The molecular formula is C20H21ClFN5O2S. The Hall–Kier alpha value is -2.49. The van der Waals surface area contributed by atoms with Gasteiger partial charge in [-0.2, -0.15) is 0 Å². The van der Waals surface area contributed by atoms with E-state index in [1.165, 1.54) is 6.07 Å². The predicted molar refractivity (Wildman–Crippen MR) is 114 cm³/mol. The number of rotatable bonds is 4. The maximum absolute atomic E-state index is 14.9. The van der Waals surface area contributed by atoms with Crippen molar-refractivity contribution in [2.45, 2.75) is 31.0 Å². The van der Waals surface area contributed by atoms with Crippen molar-refractivity contribution < 1.29 is 12.8 Å². The zero-order valence-electron chi connectivity index (χ0n) is 16.3. The van der Waals surface area contributed by atoms with Gasteiger partial charge >= 0.3 is 0 Å². The molecule has 158 valence electrons. The molecule has 1 aromatic heterocycles.